The van der Waals surface area contributed by atoms with Gasteiger partial charge in [-0.1, -0.05) is 30.0 Å². The van der Waals surface area contributed by atoms with Crippen molar-refractivity contribution in [2.45, 2.75) is 31.8 Å². The van der Waals surface area contributed by atoms with Gasteiger partial charge in [-0.05, 0) is 31.4 Å². The summed E-state index contributed by atoms with van der Waals surface area (Å²) in [5.74, 6) is 5.59. The molecule has 0 aromatic heterocycles. The molecule has 19 heavy (non-hydrogen) atoms. The van der Waals surface area contributed by atoms with Crippen LogP contribution in [0.25, 0.3) is 0 Å². The van der Waals surface area contributed by atoms with Crippen LogP contribution in [0.3, 0.4) is 0 Å². The number of carbonyl (C=O) groups is 1. The molecule has 0 spiro atoms. The molecule has 0 amide bonds. The highest BCUT2D eigenvalue weighted by molar-refractivity contribution is 5.69. The van der Waals surface area contributed by atoms with Gasteiger partial charge in [0.15, 0.2) is 6.61 Å². The standard InChI is InChI=1S/C16H18O3/c17-16(11-10-15-9-5-12-18-15)19-13-4-8-14-6-2-1-3-7-14/h1-3,6-7,15H,5,9-13H2/t15-/m0/s1. The van der Waals surface area contributed by atoms with Crippen molar-refractivity contribution < 1.29 is 14.3 Å². The maximum atomic E-state index is 11.5. The van der Waals surface area contributed by atoms with Gasteiger partial charge in [0, 0.05) is 18.6 Å². The molecule has 1 aliphatic heterocycles. The SMILES string of the molecule is O=C(CC[C@@H]1CCCO1)OCC#Cc1ccccc1. The molecule has 0 radical (unpaired) electrons. The Morgan fingerprint density at radius 3 is 2.95 bits per heavy atom. The molecule has 1 aromatic rings. The number of hydrogen-bond donors (Lipinski definition) is 0. The van der Waals surface area contributed by atoms with Gasteiger partial charge in [-0.15, -0.1) is 0 Å². The molecule has 1 saturated heterocycles. The molecule has 2 rings (SSSR count). The number of hydrogen-bond acceptors (Lipinski definition) is 3. The van der Waals surface area contributed by atoms with E-state index in [1.807, 2.05) is 30.3 Å². The Kier molecular flexibility index (Phi) is 5.46. The minimum absolute atomic E-state index is 0.152. The van der Waals surface area contributed by atoms with E-state index >= 15 is 0 Å². The second-order valence-electron chi connectivity index (χ2n) is 4.50. The van der Waals surface area contributed by atoms with Crippen molar-refractivity contribution in [3.8, 4) is 11.8 Å². The Hall–Kier alpha value is -1.79. The number of esters is 1. The van der Waals surface area contributed by atoms with Gasteiger partial charge in [0.05, 0.1) is 6.10 Å². The van der Waals surface area contributed by atoms with E-state index in [9.17, 15) is 4.79 Å². The van der Waals surface area contributed by atoms with E-state index in [1.54, 1.807) is 0 Å². The van der Waals surface area contributed by atoms with Crippen molar-refractivity contribution in [1.82, 2.24) is 0 Å². The van der Waals surface area contributed by atoms with E-state index in [4.69, 9.17) is 9.47 Å². The summed E-state index contributed by atoms with van der Waals surface area (Å²) < 4.78 is 10.5. The number of carbonyl (C=O) groups excluding carboxylic acids is 1. The monoisotopic (exact) mass is 258 g/mol. The molecule has 1 aromatic carbocycles. The fourth-order valence-corrected chi connectivity index (χ4v) is 2.00. The molecule has 1 heterocycles. The van der Waals surface area contributed by atoms with Crippen LogP contribution in [0, 0.1) is 11.8 Å². The lowest BCUT2D eigenvalue weighted by Crippen LogP contribution is -2.11. The molecule has 1 aliphatic rings. The Labute approximate surface area is 113 Å². The fourth-order valence-electron chi connectivity index (χ4n) is 2.00. The van der Waals surface area contributed by atoms with Gasteiger partial charge in [-0.2, -0.15) is 0 Å². The Balaban J connectivity index is 1.62. The lowest BCUT2D eigenvalue weighted by molar-refractivity contribution is -0.142. The molecule has 100 valence electrons. The van der Waals surface area contributed by atoms with Crippen molar-refractivity contribution in [2.24, 2.45) is 0 Å². The lowest BCUT2D eigenvalue weighted by atomic mass is 10.1. The topological polar surface area (TPSA) is 35.5 Å². The predicted molar refractivity (Wildman–Crippen MR) is 72.5 cm³/mol. The maximum Gasteiger partial charge on any atom is 0.306 e. The smallest absolute Gasteiger partial charge is 0.306 e. The van der Waals surface area contributed by atoms with E-state index in [0.29, 0.717) is 6.42 Å². The minimum Gasteiger partial charge on any atom is -0.452 e. The van der Waals surface area contributed by atoms with E-state index in [-0.39, 0.29) is 18.7 Å². The number of rotatable bonds is 4. The molecule has 0 saturated carbocycles. The van der Waals surface area contributed by atoms with Gasteiger partial charge in [0.1, 0.15) is 0 Å². The highest BCUT2D eigenvalue weighted by Gasteiger charge is 2.16. The summed E-state index contributed by atoms with van der Waals surface area (Å²) in [4.78, 5) is 11.5. The first kappa shape index (κ1) is 13.6. The second-order valence-corrected chi connectivity index (χ2v) is 4.50. The third-order valence-electron chi connectivity index (χ3n) is 3.01. The van der Waals surface area contributed by atoms with Crippen molar-refractivity contribution in [3.63, 3.8) is 0 Å². The van der Waals surface area contributed by atoms with Gasteiger partial charge in [-0.25, -0.2) is 0 Å². The average Bonchev–Trinajstić information content (AvgIpc) is 2.96. The largest absolute Gasteiger partial charge is 0.452 e. The highest BCUT2D eigenvalue weighted by atomic mass is 16.5. The van der Waals surface area contributed by atoms with Crippen LogP contribution in [0.2, 0.25) is 0 Å². The Bertz CT molecular complexity index is 450. The molecular weight excluding hydrogens is 240 g/mol. The summed E-state index contributed by atoms with van der Waals surface area (Å²) in [5, 5.41) is 0. The van der Waals surface area contributed by atoms with Gasteiger partial charge in [-0.3, -0.25) is 4.79 Å². The summed E-state index contributed by atoms with van der Waals surface area (Å²) in [6.07, 6.45) is 3.56. The van der Waals surface area contributed by atoms with Gasteiger partial charge in [0.25, 0.3) is 0 Å². The van der Waals surface area contributed by atoms with E-state index in [2.05, 4.69) is 11.8 Å². The van der Waals surface area contributed by atoms with Gasteiger partial charge < -0.3 is 9.47 Å². The van der Waals surface area contributed by atoms with Crippen LogP contribution in [0.5, 0.6) is 0 Å². The normalized spacial score (nSPS) is 17.6. The van der Waals surface area contributed by atoms with Crippen LogP contribution in [-0.4, -0.2) is 25.3 Å². The lowest BCUT2D eigenvalue weighted by Gasteiger charge is -2.07. The van der Waals surface area contributed by atoms with Crippen molar-refractivity contribution in [1.29, 1.82) is 0 Å². The molecule has 0 N–H and O–H groups in total. The van der Waals surface area contributed by atoms with E-state index in [0.717, 1.165) is 31.4 Å². The van der Waals surface area contributed by atoms with Crippen LogP contribution in [-0.2, 0) is 14.3 Å². The minimum atomic E-state index is -0.196. The quantitative estimate of drug-likeness (QED) is 0.615. The van der Waals surface area contributed by atoms with Crippen molar-refractivity contribution in [2.75, 3.05) is 13.2 Å². The first-order chi connectivity index (χ1) is 9.34. The third kappa shape index (κ3) is 5.15. The number of ether oxygens (including phenoxy) is 2. The first-order valence-electron chi connectivity index (χ1n) is 6.66. The van der Waals surface area contributed by atoms with Crippen LogP contribution >= 0.6 is 0 Å². The van der Waals surface area contributed by atoms with E-state index in [1.165, 1.54) is 0 Å². The summed E-state index contributed by atoms with van der Waals surface area (Å²) in [7, 11) is 0. The fraction of sp³-hybridized carbons (Fsp3) is 0.438. The summed E-state index contributed by atoms with van der Waals surface area (Å²) in [6.45, 7) is 0.974. The molecule has 0 unspecified atom stereocenters. The van der Waals surface area contributed by atoms with Crippen LogP contribution in [0.4, 0.5) is 0 Å². The molecule has 1 fully saturated rings. The van der Waals surface area contributed by atoms with Gasteiger partial charge in [0.2, 0.25) is 0 Å². The van der Waals surface area contributed by atoms with Crippen LogP contribution in [0.15, 0.2) is 30.3 Å². The van der Waals surface area contributed by atoms with Crippen molar-refractivity contribution >= 4 is 5.97 Å². The van der Waals surface area contributed by atoms with Crippen molar-refractivity contribution in [3.05, 3.63) is 35.9 Å². The zero-order valence-electron chi connectivity index (χ0n) is 10.9. The highest BCUT2D eigenvalue weighted by Crippen LogP contribution is 2.16. The van der Waals surface area contributed by atoms with Gasteiger partial charge >= 0.3 is 5.97 Å². The zero-order valence-corrected chi connectivity index (χ0v) is 10.9. The molecule has 3 nitrogen and oxygen atoms in total. The molecule has 3 heteroatoms. The predicted octanol–water partition coefficient (Wildman–Crippen LogP) is 2.54. The number of benzene rings is 1. The summed E-state index contributed by atoms with van der Waals surface area (Å²) >= 11 is 0. The Morgan fingerprint density at radius 2 is 2.21 bits per heavy atom. The zero-order chi connectivity index (χ0) is 13.3. The van der Waals surface area contributed by atoms with E-state index < -0.39 is 0 Å². The molecular formula is C16H18O3. The first-order valence-corrected chi connectivity index (χ1v) is 6.66. The summed E-state index contributed by atoms with van der Waals surface area (Å²) in [6, 6.07) is 9.64. The third-order valence-corrected chi connectivity index (χ3v) is 3.01. The average molecular weight is 258 g/mol. The molecule has 0 bridgehead atoms. The molecule has 0 aliphatic carbocycles. The Morgan fingerprint density at radius 1 is 1.37 bits per heavy atom. The summed E-state index contributed by atoms with van der Waals surface area (Å²) in [5.41, 5.74) is 0.929. The van der Waals surface area contributed by atoms with Crippen LogP contribution < -0.4 is 0 Å². The van der Waals surface area contributed by atoms with Crippen LogP contribution in [0.1, 0.15) is 31.2 Å². The second kappa shape index (κ2) is 7.60. The molecule has 1 atom stereocenters. The maximum absolute atomic E-state index is 11.5.